The number of aliphatic hydroxyl groups is 4. The fourth-order valence-corrected chi connectivity index (χ4v) is 0.671. The summed E-state index contributed by atoms with van der Waals surface area (Å²) in [6, 6.07) is 0. The Labute approximate surface area is 64.5 Å². The highest BCUT2D eigenvalue weighted by atomic mass is 32.1. The second kappa shape index (κ2) is 4.92. The molecule has 5 heteroatoms. The largest absolute Gasteiger partial charge is 0.395 e. The average Bonchev–Trinajstić information content (AvgIpc) is 2.00. The first-order chi connectivity index (χ1) is 4.63. The highest BCUT2D eigenvalue weighted by molar-refractivity contribution is 7.81. The second-order valence-electron chi connectivity index (χ2n) is 1.99. The van der Waals surface area contributed by atoms with Gasteiger partial charge in [-0.05, 0) is 0 Å². The molecule has 0 fully saturated rings. The van der Waals surface area contributed by atoms with Gasteiger partial charge in [-0.15, -0.1) is 0 Å². The molecule has 0 amide bonds. The molecule has 0 rings (SSSR count). The molecule has 0 saturated carbocycles. The topological polar surface area (TPSA) is 80.9 Å². The monoisotopic (exact) mass is 168 g/mol. The maximum atomic E-state index is 8.94. The minimum atomic E-state index is -1.23. The van der Waals surface area contributed by atoms with Crippen LogP contribution in [0, 0.1) is 0 Å². The van der Waals surface area contributed by atoms with E-state index in [2.05, 4.69) is 12.6 Å². The average molecular weight is 168 g/mol. The Kier molecular flexibility index (Phi) is 5.02. The number of hydrogen-bond donors (Lipinski definition) is 5. The van der Waals surface area contributed by atoms with Crippen LogP contribution in [0.1, 0.15) is 0 Å². The van der Waals surface area contributed by atoms with Gasteiger partial charge in [0.05, 0.1) is 24.6 Å². The molecule has 62 valence electrons. The number of hydrogen-bond acceptors (Lipinski definition) is 5. The lowest BCUT2D eigenvalue weighted by molar-refractivity contribution is -0.0200. The number of rotatable bonds is 4. The molecule has 0 aromatic heterocycles. The van der Waals surface area contributed by atoms with Gasteiger partial charge < -0.3 is 20.4 Å². The Morgan fingerprint density at radius 2 is 1.60 bits per heavy atom. The summed E-state index contributed by atoms with van der Waals surface area (Å²) in [5.41, 5.74) is 0. The second-order valence-corrected chi connectivity index (χ2v) is 2.65. The van der Waals surface area contributed by atoms with Crippen molar-refractivity contribution in [2.75, 3.05) is 13.2 Å². The highest BCUT2D eigenvalue weighted by Gasteiger charge is 2.21. The van der Waals surface area contributed by atoms with Crippen molar-refractivity contribution in [3.63, 3.8) is 0 Å². The minimum Gasteiger partial charge on any atom is -0.395 e. The van der Waals surface area contributed by atoms with Gasteiger partial charge in [-0.2, -0.15) is 12.6 Å². The fraction of sp³-hybridized carbons (Fsp3) is 1.00. The van der Waals surface area contributed by atoms with Crippen molar-refractivity contribution >= 4 is 12.6 Å². The Balaban J connectivity index is 3.69. The van der Waals surface area contributed by atoms with E-state index in [1.165, 1.54) is 0 Å². The van der Waals surface area contributed by atoms with E-state index in [1.54, 1.807) is 0 Å². The first-order valence-electron chi connectivity index (χ1n) is 2.89. The van der Waals surface area contributed by atoms with E-state index in [4.69, 9.17) is 20.4 Å². The van der Waals surface area contributed by atoms with Crippen molar-refractivity contribution in [2.45, 2.75) is 17.5 Å². The predicted octanol–water partition coefficient (Wildman–Crippen LogP) is -2.01. The van der Waals surface area contributed by atoms with E-state index in [9.17, 15) is 0 Å². The molecule has 4 nitrogen and oxygen atoms in total. The van der Waals surface area contributed by atoms with Crippen molar-refractivity contribution < 1.29 is 20.4 Å². The highest BCUT2D eigenvalue weighted by Crippen LogP contribution is 2.04. The first-order valence-corrected chi connectivity index (χ1v) is 3.41. The molecule has 0 aliphatic carbocycles. The zero-order chi connectivity index (χ0) is 8.15. The van der Waals surface area contributed by atoms with Crippen LogP contribution in [0.3, 0.4) is 0 Å². The quantitative estimate of drug-likeness (QED) is 0.314. The molecule has 0 aromatic carbocycles. The van der Waals surface area contributed by atoms with Gasteiger partial charge in [-0.25, -0.2) is 0 Å². The molecule has 0 saturated heterocycles. The van der Waals surface area contributed by atoms with Crippen LogP contribution in [0.2, 0.25) is 0 Å². The molecule has 0 bridgehead atoms. The number of thiol groups is 1. The minimum absolute atomic E-state index is 0.332. The summed E-state index contributed by atoms with van der Waals surface area (Å²) in [6.07, 6.45) is -2.41. The van der Waals surface area contributed by atoms with Crippen LogP contribution in [0.15, 0.2) is 0 Å². The van der Waals surface area contributed by atoms with Gasteiger partial charge in [-0.3, -0.25) is 0 Å². The lowest BCUT2D eigenvalue weighted by Gasteiger charge is -2.19. The molecule has 0 spiro atoms. The van der Waals surface area contributed by atoms with Crippen LogP contribution in [0.5, 0.6) is 0 Å². The molecular weight excluding hydrogens is 156 g/mol. The van der Waals surface area contributed by atoms with Crippen molar-refractivity contribution in [3.8, 4) is 0 Å². The fourth-order valence-electron chi connectivity index (χ4n) is 0.472. The molecule has 0 radical (unpaired) electrons. The molecule has 10 heavy (non-hydrogen) atoms. The Morgan fingerprint density at radius 1 is 1.10 bits per heavy atom. The molecule has 4 N–H and O–H groups in total. The summed E-state index contributed by atoms with van der Waals surface area (Å²) in [5, 5.41) is 33.7. The van der Waals surface area contributed by atoms with Gasteiger partial charge >= 0.3 is 0 Å². The van der Waals surface area contributed by atoms with Gasteiger partial charge in [0, 0.05) is 0 Å². The summed E-state index contributed by atoms with van der Waals surface area (Å²) in [6.45, 7) is -0.862. The van der Waals surface area contributed by atoms with E-state index in [0.29, 0.717) is 0 Å². The van der Waals surface area contributed by atoms with Gasteiger partial charge in [0.2, 0.25) is 0 Å². The van der Waals surface area contributed by atoms with Gasteiger partial charge in [-0.1, -0.05) is 0 Å². The van der Waals surface area contributed by atoms with Crippen molar-refractivity contribution in [1.82, 2.24) is 0 Å². The lowest BCUT2D eigenvalue weighted by Crippen LogP contribution is -2.38. The summed E-state index contributed by atoms with van der Waals surface area (Å²) in [4.78, 5) is 0. The molecule has 0 aliphatic heterocycles. The van der Waals surface area contributed by atoms with Crippen molar-refractivity contribution in [2.24, 2.45) is 0 Å². The molecule has 0 heterocycles. The molecular formula is C5H12O4S. The summed E-state index contributed by atoms with van der Waals surface area (Å²) < 4.78 is 0. The van der Waals surface area contributed by atoms with Crippen LogP contribution in [-0.4, -0.2) is 51.1 Å². The van der Waals surface area contributed by atoms with Crippen LogP contribution in [-0.2, 0) is 0 Å². The van der Waals surface area contributed by atoms with Gasteiger partial charge in [0.25, 0.3) is 0 Å². The SMILES string of the molecule is OCC(O)C(O)C(S)CO. The summed E-state index contributed by atoms with van der Waals surface area (Å²) in [7, 11) is 0. The standard InChI is InChI=1S/C5H12O4S/c6-1-3(8)5(9)4(10)2-7/h3-10H,1-2H2. The molecule has 0 aromatic rings. The van der Waals surface area contributed by atoms with Crippen molar-refractivity contribution in [1.29, 1.82) is 0 Å². The van der Waals surface area contributed by atoms with Crippen molar-refractivity contribution in [3.05, 3.63) is 0 Å². The summed E-state index contributed by atoms with van der Waals surface area (Å²) >= 11 is 3.75. The molecule has 3 atom stereocenters. The Bertz CT molecular complexity index is 79.7. The number of aliphatic hydroxyl groups excluding tert-OH is 4. The third kappa shape index (κ3) is 2.85. The smallest absolute Gasteiger partial charge is 0.104 e. The van der Waals surface area contributed by atoms with E-state index in [0.717, 1.165) is 0 Å². The lowest BCUT2D eigenvalue weighted by atomic mass is 10.1. The Hall–Kier alpha value is 0.190. The van der Waals surface area contributed by atoms with E-state index >= 15 is 0 Å². The van der Waals surface area contributed by atoms with E-state index in [-0.39, 0.29) is 6.61 Å². The van der Waals surface area contributed by atoms with Crippen LogP contribution in [0.25, 0.3) is 0 Å². The maximum absolute atomic E-state index is 8.94. The normalized spacial score (nSPS) is 20.1. The third-order valence-corrected chi connectivity index (χ3v) is 1.63. The zero-order valence-electron chi connectivity index (χ0n) is 5.38. The van der Waals surface area contributed by atoms with Gasteiger partial charge in [0.1, 0.15) is 6.10 Å². The predicted molar refractivity (Wildman–Crippen MR) is 39.0 cm³/mol. The first kappa shape index (κ1) is 10.2. The summed E-state index contributed by atoms with van der Waals surface area (Å²) in [5.74, 6) is 0. The van der Waals surface area contributed by atoms with E-state index in [1.807, 2.05) is 0 Å². The van der Waals surface area contributed by atoms with Crippen LogP contribution < -0.4 is 0 Å². The molecule has 3 unspecified atom stereocenters. The maximum Gasteiger partial charge on any atom is 0.104 e. The van der Waals surface area contributed by atoms with E-state index < -0.39 is 24.1 Å². The third-order valence-electron chi connectivity index (χ3n) is 1.16. The van der Waals surface area contributed by atoms with Crippen LogP contribution >= 0.6 is 12.6 Å². The van der Waals surface area contributed by atoms with Crippen LogP contribution in [0.4, 0.5) is 0 Å². The molecule has 0 aliphatic rings. The Morgan fingerprint density at radius 3 is 1.90 bits per heavy atom. The van der Waals surface area contributed by atoms with Gasteiger partial charge in [0.15, 0.2) is 0 Å². The zero-order valence-corrected chi connectivity index (χ0v) is 6.28.